The van der Waals surface area contributed by atoms with Crippen molar-refractivity contribution < 1.29 is 38.8 Å². The highest BCUT2D eigenvalue weighted by Crippen LogP contribution is 2.45. The van der Waals surface area contributed by atoms with Crippen LogP contribution in [-0.2, 0) is 25.5 Å². The van der Waals surface area contributed by atoms with Crippen LogP contribution in [0.2, 0.25) is 5.02 Å². The minimum atomic E-state index is -1.25. The molecule has 3 N–H and O–H groups in total. The molecule has 0 fully saturated rings. The molecule has 0 bridgehead atoms. The summed E-state index contributed by atoms with van der Waals surface area (Å²) in [5.74, 6) is -1.12. The van der Waals surface area contributed by atoms with Crippen LogP contribution in [0.1, 0.15) is 43.1 Å². The van der Waals surface area contributed by atoms with Crippen LogP contribution in [0.25, 0.3) is 0 Å². The van der Waals surface area contributed by atoms with Crippen LogP contribution >= 0.6 is 11.6 Å². The Kier molecular flexibility index (Phi) is 9.95. The van der Waals surface area contributed by atoms with Gasteiger partial charge in [0.05, 0.1) is 27.1 Å². The fourth-order valence-electron chi connectivity index (χ4n) is 5.02. The summed E-state index contributed by atoms with van der Waals surface area (Å²) in [5, 5.41) is 22.4. The molecule has 0 radical (unpaired) electrons. The monoisotopic (exact) mass is 610 g/mol. The highest BCUT2D eigenvalue weighted by molar-refractivity contribution is 6.30. The second-order valence-corrected chi connectivity index (χ2v) is 11.5. The molecule has 10 nitrogen and oxygen atoms in total. The van der Waals surface area contributed by atoms with E-state index >= 15 is 0 Å². The molecular formula is C32H35ClN2O8. The SMILES string of the molecule is COc1cccc([C@H]2O[C@H](CC(=O)Nc3cccc(CC(=O)O)c3)C(=O)N(CC(C)(C)CO)c3ccc(Cl)cc32)c1OC. The lowest BCUT2D eigenvalue weighted by Crippen LogP contribution is -2.46. The minimum absolute atomic E-state index is 0.137. The molecule has 2 amide bonds. The van der Waals surface area contributed by atoms with Gasteiger partial charge in [0.2, 0.25) is 5.91 Å². The number of methoxy groups -OCH3 is 2. The van der Waals surface area contributed by atoms with Gasteiger partial charge in [-0.25, -0.2) is 0 Å². The van der Waals surface area contributed by atoms with Gasteiger partial charge in [-0.1, -0.05) is 49.7 Å². The highest BCUT2D eigenvalue weighted by Gasteiger charge is 2.40. The van der Waals surface area contributed by atoms with Gasteiger partial charge in [0.25, 0.3) is 5.91 Å². The molecule has 0 spiro atoms. The van der Waals surface area contributed by atoms with Crippen molar-refractivity contribution in [1.82, 2.24) is 0 Å². The summed E-state index contributed by atoms with van der Waals surface area (Å²) in [4.78, 5) is 40.2. The number of benzene rings is 3. The Morgan fingerprint density at radius 3 is 2.47 bits per heavy atom. The predicted octanol–water partition coefficient (Wildman–Crippen LogP) is 4.85. The van der Waals surface area contributed by atoms with Gasteiger partial charge in [0, 0.05) is 46.1 Å². The average Bonchev–Trinajstić information content (AvgIpc) is 3.06. The number of anilines is 2. The predicted molar refractivity (Wildman–Crippen MR) is 162 cm³/mol. The zero-order valence-corrected chi connectivity index (χ0v) is 25.2. The number of rotatable bonds is 11. The summed E-state index contributed by atoms with van der Waals surface area (Å²) in [5.41, 5.74) is 1.89. The van der Waals surface area contributed by atoms with Crippen molar-refractivity contribution in [2.45, 2.75) is 38.9 Å². The van der Waals surface area contributed by atoms with Gasteiger partial charge < -0.3 is 34.6 Å². The first-order chi connectivity index (χ1) is 20.5. The van der Waals surface area contributed by atoms with Crippen LogP contribution in [0, 0.1) is 5.41 Å². The van der Waals surface area contributed by atoms with Crippen molar-refractivity contribution in [1.29, 1.82) is 0 Å². The highest BCUT2D eigenvalue weighted by atomic mass is 35.5. The fourth-order valence-corrected chi connectivity index (χ4v) is 5.20. The van der Waals surface area contributed by atoms with Gasteiger partial charge in [-0.3, -0.25) is 14.4 Å². The normalized spacial score (nSPS) is 16.7. The lowest BCUT2D eigenvalue weighted by Gasteiger charge is -2.32. The molecule has 4 rings (SSSR count). The molecular weight excluding hydrogens is 576 g/mol. The van der Waals surface area contributed by atoms with Crippen molar-refractivity contribution in [2.75, 3.05) is 37.6 Å². The van der Waals surface area contributed by atoms with Crippen LogP contribution in [0.15, 0.2) is 60.7 Å². The molecule has 0 aromatic heterocycles. The van der Waals surface area contributed by atoms with E-state index in [0.717, 1.165) is 0 Å². The average molecular weight is 611 g/mol. The Bertz CT molecular complexity index is 1510. The van der Waals surface area contributed by atoms with Gasteiger partial charge in [0.1, 0.15) is 12.2 Å². The molecule has 11 heteroatoms. The summed E-state index contributed by atoms with van der Waals surface area (Å²) >= 11 is 6.46. The Morgan fingerprint density at radius 1 is 1.05 bits per heavy atom. The molecule has 3 aromatic rings. The Labute approximate surface area is 255 Å². The van der Waals surface area contributed by atoms with Gasteiger partial charge >= 0.3 is 5.97 Å². The van der Waals surface area contributed by atoms with Crippen molar-refractivity contribution in [3.05, 3.63) is 82.4 Å². The second kappa shape index (κ2) is 13.5. The van der Waals surface area contributed by atoms with Crippen LogP contribution in [0.4, 0.5) is 11.4 Å². The third-order valence-electron chi connectivity index (χ3n) is 7.07. The fraction of sp³-hybridized carbons (Fsp3) is 0.344. The number of carboxylic acid groups (broad SMARTS) is 1. The van der Waals surface area contributed by atoms with Crippen molar-refractivity contribution >= 4 is 40.8 Å². The number of ether oxygens (including phenoxy) is 3. The number of para-hydroxylation sites is 1. The maximum Gasteiger partial charge on any atom is 0.307 e. The minimum Gasteiger partial charge on any atom is -0.493 e. The maximum atomic E-state index is 14.2. The number of hydrogen-bond donors (Lipinski definition) is 3. The first-order valence-corrected chi connectivity index (χ1v) is 14.0. The van der Waals surface area contributed by atoms with Crippen LogP contribution in [0.5, 0.6) is 11.5 Å². The molecule has 0 aliphatic carbocycles. The molecule has 0 saturated heterocycles. The Morgan fingerprint density at radius 2 is 1.79 bits per heavy atom. The molecule has 0 unspecified atom stereocenters. The number of hydrogen-bond acceptors (Lipinski definition) is 7. The molecule has 228 valence electrons. The van der Waals surface area contributed by atoms with Gasteiger partial charge in [-0.15, -0.1) is 0 Å². The number of nitrogens with one attached hydrogen (secondary N) is 1. The number of carbonyl (C=O) groups is 3. The van der Waals surface area contributed by atoms with E-state index in [0.29, 0.717) is 44.6 Å². The van der Waals surface area contributed by atoms with E-state index < -0.39 is 35.4 Å². The maximum absolute atomic E-state index is 14.2. The van der Waals surface area contributed by atoms with Crippen molar-refractivity contribution in [3.63, 3.8) is 0 Å². The van der Waals surface area contributed by atoms with E-state index in [1.807, 2.05) is 13.8 Å². The topological polar surface area (TPSA) is 135 Å². The van der Waals surface area contributed by atoms with Crippen LogP contribution in [-0.4, -0.2) is 61.5 Å². The lowest BCUT2D eigenvalue weighted by atomic mass is 9.92. The van der Waals surface area contributed by atoms with Gasteiger partial charge in [0.15, 0.2) is 11.5 Å². The van der Waals surface area contributed by atoms with Crippen LogP contribution in [0.3, 0.4) is 0 Å². The third kappa shape index (κ3) is 7.45. The van der Waals surface area contributed by atoms with E-state index in [-0.39, 0.29) is 26.0 Å². The number of aliphatic hydroxyl groups is 1. The number of aliphatic hydroxyl groups excluding tert-OH is 1. The zero-order chi connectivity index (χ0) is 31.3. The van der Waals surface area contributed by atoms with Crippen molar-refractivity contribution in [2.24, 2.45) is 5.41 Å². The molecule has 1 aliphatic rings. The van der Waals surface area contributed by atoms with E-state index in [4.69, 9.17) is 30.9 Å². The first-order valence-electron chi connectivity index (χ1n) is 13.6. The lowest BCUT2D eigenvalue weighted by molar-refractivity contribution is -0.136. The number of fused-ring (bicyclic) bond motifs is 1. The number of halogens is 1. The Hall–Kier alpha value is -4.12. The number of aliphatic carboxylic acids is 1. The Balaban J connectivity index is 1.78. The molecule has 3 aromatic carbocycles. The van der Waals surface area contributed by atoms with Gasteiger partial charge in [-0.2, -0.15) is 0 Å². The molecule has 2 atom stereocenters. The molecule has 0 saturated carbocycles. The van der Waals surface area contributed by atoms with E-state index in [2.05, 4.69) is 5.32 Å². The summed E-state index contributed by atoms with van der Waals surface area (Å²) in [6, 6.07) is 16.9. The summed E-state index contributed by atoms with van der Waals surface area (Å²) in [6.45, 7) is 3.61. The quantitative estimate of drug-likeness (QED) is 0.280. The van der Waals surface area contributed by atoms with E-state index in [9.17, 15) is 19.5 Å². The van der Waals surface area contributed by atoms with Crippen LogP contribution < -0.4 is 19.7 Å². The molecule has 1 aliphatic heterocycles. The largest absolute Gasteiger partial charge is 0.493 e. The molecule has 1 heterocycles. The zero-order valence-electron chi connectivity index (χ0n) is 24.4. The van der Waals surface area contributed by atoms with E-state index in [1.165, 1.54) is 19.1 Å². The number of carbonyl (C=O) groups excluding carboxylic acids is 2. The summed E-state index contributed by atoms with van der Waals surface area (Å²) in [7, 11) is 3.02. The third-order valence-corrected chi connectivity index (χ3v) is 7.31. The standard InChI is InChI=1S/C32H35ClN2O8/c1-32(2,18-36)17-35-24-12-11-20(33)15-23(24)29(22-9-6-10-25(41-3)30(22)42-4)43-26(31(35)40)16-27(37)34-21-8-5-7-19(13-21)14-28(38)39/h5-13,15,26,29,36H,14,16-18H2,1-4H3,(H,34,37)(H,38,39)/t26-,29-/m1/s1. The first kappa shape index (κ1) is 31.8. The van der Waals surface area contributed by atoms with Gasteiger partial charge in [-0.05, 0) is 42.0 Å². The van der Waals surface area contributed by atoms with E-state index in [1.54, 1.807) is 60.7 Å². The number of amides is 2. The number of carboxylic acids is 1. The summed E-state index contributed by atoms with van der Waals surface area (Å²) < 4.78 is 17.7. The smallest absolute Gasteiger partial charge is 0.307 e. The number of nitrogens with zero attached hydrogens (tertiary/aromatic N) is 1. The second-order valence-electron chi connectivity index (χ2n) is 11.1. The molecule has 43 heavy (non-hydrogen) atoms. The van der Waals surface area contributed by atoms with Crippen molar-refractivity contribution in [3.8, 4) is 11.5 Å². The summed E-state index contributed by atoms with van der Waals surface area (Å²) in [6.07, 6.45) is -2.68.